The molecule has 0 radical (unpaired) electrons. The third-order valence-corrected chi connectivity index (χ3v) is 2.41. The topological polar surface area (TPSA) is 60.7 Å². The summed E-state index contributed by atoms with van der Waals surface area (Å²) < 4.78 is 0. The summed E-state index contributed by atoms with van der Waals surface area (Å²) in [7, 11) is 0. The number of aliphatic hydroxyl groups excluding tert-OH is 3. The minimum Gasteiger partial charge on any atom is -0.396 e. The highest BCUT2D eigenvalue weighted by molar-refractivity contribution is 4.87. The standard InChI is InChI=1S/C7H14O3/c1-4-6(9)2-5(3-8)7(4)10/h4-10H,2-3H2,1H3. The summed E-state index contributed by atoms with van der Waals surface area (Å²) in [6.07, 6.45) is -0.439. The van der Waals surface area contributed by atoms with Crippen LogP contribution in [0.3, 0.4) is 0 Å². The second-order valence-corrected chi connectivity index (χ2v) is 3.10. The smallest absolute Gasteiger partial charge is 0.0641 e. The Labute approximate surface area is 60.3 Å². The lowest BCUT2D eigenvalue weighted by atomic mass is 10.0. The minimum absolute atomic E-state index is 0.0252. The average molecular weight is 146 g/mol. The lowest BCUT2D eigenvalue weighted by Crippen LogP contribution is -2.23. The summed E-state index contributed by atoms with van der Waals surface area (Å²) >= 11 is 0. The molecule has 60 valence electrons. The lowest BCUT2D eigenvalue weighted by Gasteiger charge is -2.13. The predicted molar refractivity (Wildman–Crippen MR) is 36.4 cm³/mol. The Morgan fingerprint density at radius 1 is 1.40 bits per heavy atom. The SMILES string of the molecule is CC1C(O)CC(CO)C1O. The summed E-state index contributed by atoms with van der Waals surface area (Å²) in [5.41, 5.74) is 0. The number of aliphatic hydroxyl groups is 3. The van der Waals surface area contributed by atoms with Gasteiger partial charge in [-0.1, -0.05) is 6.92 Å². The monoisotopic (exact) mass is 146 g/mol. The zero-order valence-electron chi connectivity index (χ0n) is 6.07. The molecule has 1 aliphatic rings. The van der Waals surface area contributed by atoms with E-state index in [2.05, 4.69) is 0 Å². The molecule has 1 rings (SSSR count). The molecule has 3 heteroatoms. The second kappa shape index (κ2) is 2.86. The molecule has 3 nitrogen and oxygen atoms in total. The first-order valence-corrected chi connectivity index (χ1v) is 3.63. The molecular weight excluding hydrogens is 132 g/mol. The van der Waals surface area contributed by atoms with Crippen molar-refractivity contribution in [3.05, 3.63) is 0 Å². The van der Waals surface area contributed by atoms with Crippen LogP contribution >= 0.6 is 0 Å². The van der Waals surface area contributed by atoms with E-state index in [0.717, 1.165) is 0 Å². The van der Waals surface area contributed by atoms with Gasteiger partial charge in [-0.2, -0.15) is 0 Å². The first-order valence-electron chi connectivity index (χ1n) is 3.63. The lowest BCUT2D eigenvalue weighted by molar-refractivity contribution is 0.0500. The van der Waals surface area contributed by atoms with E-state index in [9.17, 15) is 10.2 Å². The zero-order chi connectivity index (χ0) is 7.72. The molecule has 0 saturated heterocycles. The number of hydrogen-bond acceptors (Lipinski definition) is 3. The van der Waals surface area contributed by atoms with E-state index in [1.807, 2.05) is 0 Å². The zero-order valence-corrected chi connectivity index (χ0v) is 6.07. The predicted octanol–water partition coefficient (Wildman–Crippen LogP) is -0.644. The van der Waals surface area contributed by atoms with Crippen molar-refractivity contribution in [2.75, 3.05) is 6.61 Å². The van der Waals surface area contributed by atoms with Gasteiger partial charge < -0.3 is 15.3 Å². The molecule has 1 fully saturated rings. The van der Waals surface area contributed by atoms with Crippen LogP contribution in [0.5, 0.6) is 0 Å². The summed E-state index contributed by atoms with van der Waals surface area (Å²) in [5.74, 6) is -0.206. The van der Waals surface area contributed by atoms with Crippen molar-refractivity contribution in [2.24, 2.45) is 11.8 Å². The van der Waals surface area contributed by atoms with E-state index in [1.165, 1.54) is 0 Å². The summed E-state index contributed by atoms with van der Waals surface area (Å²) in [4.78, 5) is 0. The van der Waals surface area contributed by atoms with Crippen LogP contribution in [0.15, 0.2) is 0 Å². The Morgan fingerprint density at radius 2 is 2.00 bits per heavy atom. The Hall–Kier alpha value is -0.120. The van der Waals surface area contributed by atoms with Crippen molar-refractivity contribution >= 4 is 0 Å². The normalized spacial score (nSPS) is 48.0. The van der Waals surface area contributed by atoms with Gasteiger partial charge in [0, 0.05) is 18.4 Å². The van der Waals surface area contributed by atoms with E-state index in [0.29, 0.717) is 6.42 Å². The van der Waals surface area contributed by atoms with Crippen LogP contribution in [0.4, 0.5) is 0 Å². The molecule has 4 atom stereocenters. The Kier molecular flexibility index (Phi) is 2.28. The molecule has 0 bridgehead atoms. The van der Waals surface area contributed by atoms with E-state index >= 15 is 0 Å². The Bertz CT molecular complexity index is 115. The van der Waals surface area contributed by atoms with Crippen LogP contribution in [0.25, 0.3) is 0 Å². The van der Waals surface area contributed by atoms with Gasteiger partial charge >= 0.3 is 0 Å². The molecule has 0 spiro atoms. The highest BCUT2D eigenvalue weighted by Gasteiger charge is 2.37. The van der Waals surface area contributed by atoms with Gasteiger partial charge in [0.25, 0.3) is 0 Å². The van der Waals surface area contributed by atoms with Crippen molar-refractivity contribution in [1.82, 2.24) is 0 Å². The molecule has 1 saturated carbocycles. The maximum absolute atomic E-state index is 9.31. The van der Waals surface area contributed by atoms with Gasteiger partial charge in [0.2, 0.25) is 0 Å². The fraction of sp³-hybridized carbons (Fsp3) is 1.00. The van der Waals surface area contributed by atoms with E-state index in [4.69, 9.17) is 5.11 Å². The molecule has 0 aliphatic heterocycles. The van der Waals surface area contributed by atoms with Crippen molar-refractivity contribution < 1.29 is 15.3 Å². The van der Waals surface area contributed by atoms with Crippen LogP contribution < -0.4 is 0 Å². The van der Waals surface area contributed by atoms with E-state index in [-0.39, 0.29) is 18.4 Å². The Balaban J connectivity index is 2.53. The van der Waals surface area contributed by atoms with Crippen LogP contribution in [0, 0.1) is 11.8 Å². The average Bonchev–Trinajstić information content (AvgIpc) is 2.17. The molecule has 0 amide bonds. The highest BCUT2D eigenvalue weighted by Crippen LogP contribution is 2.30. The van der Waals surface area contributed by atoms with E-state index in [1.54, 1.807) is 6.92 Å². The van der Waals surface area contributed by atoms with Gasteiger partial charge in [0.05, 0.1) is 12.2 Å². The van der Waals surface area contributed by atoms with Crippen LogP contribution in [-0.4, -0.2) is 34.1 Å². The maximum atomic E-state index is 9.31. The molecule has 0 aromatic carbocycles. The van der Waals surface area contributed by atoms with Crippen molar-refractivity contribution in [3.8, 4) is 0 Å². The summed E-state index contributed by atoms with van der Waals surface area (Å²) in [6, 6.07) is 0. The molecule has 0 heterocycles. The van der Waals surface area contributed by atoms with Crippen molar-refractivity contribution in [2.45, 2.75) is 25.6 Å². The molecule has 4 unspecified atom stereocenters. The quantitative estimate of drug-likeness (QED) is 0.461. The third-order valence-electron chi connectivity index (χ3n) is 2.41. The number of rotatable bonds is 1. The van der Waals surface area contributed by atoms with Crippen molar-refractivity contribution in [1.29, 1.82) is 0 Å². The molecule has 0 aromatic heterocycles. The maximum Gasteiger partial charge on any atom is 0.0641 e. The number of hydrogen-bond donors (Lipinski definition) is 3. The summed E-state index contributed by atoms with van der Waals surface area (Å²) in [5, 5.41) is 27.2. The van der Waals surface area contributed by atoms with Crippen LogP contribution in [0.1, 0.15) is 13.3 Å². The second-order valence-electron chi connectivity index (χ2n) is 3.10. The van der Waals surface area contributed by atoms with Gasteiger partial charge in [0.15, 0.2) is 0 Å². The summed E-state index contributed by atoms with van der Waals surface area (Å²) in [6.45, 7) is 1.77. The molecule has 1 aliphatic carbocycles. The fourth-order valence-corrected chi connectivity index (χ4v) is 1.50. The minimum atomic E-state index is -0.528. The first kappa shape index (κ1) is 7.98. The van der Waals surface area contributed by atoms with Gasteiger partial charge in [0.1, 0.15) is 0 Å². The van der Waals surface area contributed by atoms with E-state index < -0.39 is 12.2 Å². The highest BCUT2D eigenvalue weighted by atomic mass is 16.3. The molecule has 10 heavy (non-hydrogen) atoms. The molecular formula is C7H14O3. The largest absolute Gasteiger partial charge is 0.396 e. The fourth-order valence-electron chi connectivity index (χ4n) is 1.50. The molecule has 0 aromatic rings. The third kappa shape index (κ3) is 1.17. The van der Waals surface area contributed by atoms with Crippen LogP contribution in [0.2, 0.25) is 0 Å². The van der Waals surface area contributed by atoms with Crippen LogP contribution in [-0.2, 0) is 0 Å². The van der Waals surface area contributed by atoms with Gasteiger partial charge in [-0.3, -0.25) is 0 Å². The van der Waals surface area contributed by atoms with Gasteiger partial charge in [-0.15, -0.1) is 0 Å². The van der Waals surface area contributed by atoms with Gasteiger partial charge in [-0.05, 0) is 6.42 Å². The Morgan fingerprint density at radius 3 is 2.20 bits per heavy atom. The first-order chi connectivity index (χ1) is 4.66. The van der Waals surface area contributed by atoms with Crippen molar-refractivity contribution in [3.63, 3.8) is 0 Å². The molecule has 3 N–H and O–H groups in total. The van der Waals surface area contributed by atoms with Gasteiger partial charge in [-0.25, -0.2) is 0 Å².